The van der Waals surface area contributed by atoms with E-state index >= 15 is 0 Å². The molecule has 0 aliphatic rings. The van der Waals surface area contributed by atoms with Crippen molar-refractivity contribution in [2.24, 2.45) is 0 Å². The topological polar surface area (TPSA) is 42.7 Å². The van der Waals surface area contributed by atoms with Crippen LogP contribution in [0.15, 0.2) is 16.7 Å². The van der Waals surface area contributed by atoms with Crippen molar-refractivity contribution in [2.75, 3.05) is 32.7 Å². The van der Waals surface area contributed by atoms with Crippen LogP contribution < -0.4 is 0 Å². The largest absolute Gasteiger partial charge is 0.469 e. The van der Waals surface area contributed by atoms with E-state index < -0.39 is 0 Å². The number of carbonyl (C=O) groups is 1. The van der Waals surface area contributed by atoms with E-state index in [1.807, 2.05) is 0 Å². The van der Waals surface area contributed by atoms with Crippen LogP contribution in [0.2, 0.25) is 0 Å². The third-order valence-corrected chi connectivity index (χ3v) is 2.47. The third-order valence-electron chi connectivity index (χ3n) is 2.30. The summed E-state index contributed by atoms with van der Waals surface area (Å²) in [7, 11) is 1.60. The molecule has 1 aromatic rings. The number of hydrogen-bond acceptors (Lipinski definition) is 3. The number of alkyl halides is 1. The third kappa shape index (κ3) is 3.25. The molecule has 0 spiro atoms. The lowest BCUT2D eigenvalue weighted by molar-refractivity contribution is 0.0706. The van der Waals surface area contributed by atoms with Crippen LogP contribution in [0.25, 0.3) is 0 Å². The van der Waals surface area contributed by atoms with Gasteiger partial charge < -0.3 is 14.1 Å². The molecule has 0 N–H and O–H groups in total. The lowest BCUT2D eigenvalue weighted by Gasteiger charge is -2.20. The average molecular weight is 246 g/mol. The molecule has 1 rings (SSSR count). The number of rotatable bonds is 6. The molecule has 0 saturated carbocycles. The van der Waals surface area contributed by atoms with E-state index in [4.69, 9.17) is 20.8 Å². The van der Waals surface area contributed by atoms with E-state index in [-0.39, 0.29) is 5.91 Å². The van der Waals surface area contributed by atoms with Gasteiger partial charge in [-0.15, -0.1) is 11.6 Å². The summed E-state index contributed by atoms with van der Waals surface area (Å²) in [5, 5.41) is 0. The Hall–Kier alpha value is -1.00. The van der Waals surface area contributed by atoms with Crippen molar-refractivity contribution in [2.45, 2.75) is 6.92 Å². The molecule has 0 radical (unpaired) electrons. The number of methoxy groups -OCH3 is 1. The molecule has 0 atom stereocenters. The molecule has 0 saturated heterocycles. The van der Waals surface area contributed by atoms with Gasteiger partial charge in [0.15, 0.2) is 0 Å². The molecule has 1 heterocycles. The molecule has 0 aromatic carbocycles. The summed E-state index contributed by atoms with van der Waals surface area (Å²) in [4.78, 5) is 13.7. The summed E-state index contributed by atoms with van der Waals surface area (Å²) in [5.74, 6) is 0.970. The van der Waals surface area contributed by atoms with E-state index in [1.54, 1.807) is 25.0 Å². The Morgan fingerprint density at radius 2 is 2.31 bits per heavy atom. The Bertz CT molecular complexity index is 338. The second kappa shape index (κ2) is 6.55. The molecule has 0 aliphatic heterocycles. The zero-order valence-electron chi connectivity index (χ0n) is 9.53. The maximum Gasteiger partial charge on any atom is 0.257 e. The van der Waals surface area contributed by atoms with E-state index in [1.165, 1.54) is 6.26 Å². The molecular formula is C11H16ClNO3. The van der Waals surface area contributed by atoms with Crippen molar-refractivity contribution in [3.63, 3.8) is 0 Å². The lowest BCUT2D eigenvalue weighted by atomic mass is 10.2. The number of furan rings is 1. The van der Waals surface area contributed by atoms with Crippen LogP contribution in [0.1, 0.15) is 16.1 Å². The summed E-state index contributed by atoms with van der Waals surface area (Å²) in [6.07, 6.45) is 1.51. The fourth-order valence-corrected chi connectivity index (χ4v) is 1.60. The lowest BCUT2D eigenvalue weighted by Crippen LogP contribution is -2.35. The number of carbonyl (C=O) groups excluding carboxylic acids is 1. The van der Waals surface area contributed by atoms with Crippen molar-refractivity contribution in [1.82, 2.24) is 4.90 Å². The second-order valence-corrected chi connectivity index (χ2v) is 3.74. The first kappa shape index (κ1) is 13.1. The maximum absolute atomic E-state index is 12.1. The number of nitrogens with zero attached hydrogens (tertiary/aromatic N) is 1. The van der Waals surface area contributed by atoms with E-state index in [2.05, 4.69) is 0 Å². The summed E-state index contributed by atoms with van der Waals surface area (Å²) < 4.78 is 10.1. The van der Waals surface area contributed by atoms with Crippen molar-refractivity contribution in [1.29, 1.82) is 0 Å². The molecule has 16 heavy (non-hydrogen) atoms. The first-order valence-electron chi connectivity index (χ1n) is 5.09. The van der Waals surface area contributed by atoms with Crippen molar-refractivity contribution >= 4 is 17.5 Å². The van der Waals surface area contributed by atoms with Crippen molar-refractivity contribution in [3.05, 3.63) is 23.7 Å². The molecular weight excluding hydrogens is 230 g/mol. The summed E-state index contributed by atoms with van der Waals surface area (Å²) in [6.45, 7) is 3.31. The predicted octanol–water partition coefficient (Wildman–Crippen LogP) is 1.92. The zero-order valence-corrected chi connectivity index (χ0v) is 10.3. The minimum Gasteiger partial charge on any atom is -0.469 e. The molecule has 0 unspecified atom stereocenters. The van der Waals surface area contributed by atoms with Gasteiger partial charge in [0.25, 0.3) is 5.91 Å². The maximum atomic E-state index is 12.1. The Balaban J connectivity index is 2.70. The van der Waals surface area contributed by atoms with E-state index in [0.29, 0.717) is 36.9 Å². The van der Waals surface area contributed by atoms with Gasteiger partial charge in [0, 0.05) is 26.1 Å². The summed E-state index contributed by atoms with van der Waals surface area (Å²) >= 11 is 5.66. The SMILES string of the molecule is COCCN(CCCl)C(=O)c1ccoc1C. The molecule has 5 heteroatoms. The van der Waals surface area contributed by atoms with Gasteiger partial charge in [-0.05, 0) is 13.0 Å². The normalized spacial score (nSPS) is 10.4. The quantitative estimate of drug-likeness (QED) is 0.719. The molecule has 4 nitrogen and oxygen atoms in total. The molecule has 0 bridgehead atoms. The fourth-order valence-electron chi connectivity index (χ4n) is 1.40. The van der Waals surface area contributed by atoms with Gasteiger partial charge in [-0.1, -0.05) is 0 Å². The van der Waals surface area contributed by atoms with Gasteiger partial charge in [0.1, 0.15) is 5.76 Å². The Morgan fingerprint density at radius 3 is 2.81 bits per heavy atom. The van der Waals surface area contributed by atoms with Gasteiger partial charge in [-0.2, -0.15) is 0 Å². The molecule has 0 aliphatic carbocycles. The average Bonchev–Trinajstić information content (AvgIpc) is 2.69. The van der Waals surface area contributed by atoms with E-state index in [0.717, 1.165) is 0 Å². The van der Waals surface area contributed by atoms with Crippen LogP contribution in [-0.2, 0) is 4.74 Å². The Morgan fingerprint density at radius 1 is 1.56 bits per heavy atom. The molecule has 90 valence electrons. The number of aryl methyl sites for hydroxylation is 1. The van der Waals surface area contributed by atoms with Gasteiger partial charge in [0.2, 0.25) is 0 Å². The smallest absolute Gasteiger partial charge is 0.257 e. The second-order valence-electron chi connectivity index (χ2n) is 3.36. The minimum atomic E-state index is -0.0658. The molecule has 1 aromatic heterocycles. The van der Waals surface area contributed by atoms with Gasteiger partial charge >= 0.3 is 0 Å². The summed E-state index contributed by atoms with van der Waals surface area (Å²) in [5.41, 5.74) is 0.584. The van der Waals surface area contributed by atoms with E-state index in [9.17, 15) is 4.79 Å². The standard InChI is InChI=1S/C11H16ClNO3/c1-9-10(3-7-16-9)11(14)13(5-4-12)6-8-15-2/h3,7H,4-6,8H2,1-2H3. The van der Waals surface area contributed by atoms with Crippen LogP contribution >= 0.6 is 11.6 Å². The highest BCUT2D eigenvalue weighted by Crippen LogP contribution is 2.12. The first-order chi connectivity index (χ1) is 7.70. The van der Waals surface area contributed by atoms with Crippen LogP contribution in [0, 0.1) is 6.92 Å². The highest BCUT2D eigenvalue weighted by Gasteiger charge is 2.18. The fraction of sp³-hybridized carbons (Fsp3) is 0.545. The number of halogens is 1. The minimum absolute atomic E-state index is 0.0658. The van der Waals surface area contributed by atoms with Crippen LogP contribution in [0.3, 0.4) is 0 Å². The van der Waals surface area contributed by atoms with Gasteiger partial charge in [-0.25, -0.2) is 0 Å². The van der Waals surface area contributed by atoms with Crippen LogP contribution in [-0.4, -0.2) is 43.5 Å². The summed E-state index contributed by atoms with van der Waals surface area (Å²) in [6, 6.07) is 1.67. The van der Waals surface area contributed by atoms with Crippen LogP contribution in [0.4, 0.5) is 0 Å². The number of hydrogen-bond donors (Lipinski definition) is 0. The molecule has 0 fully saturated rings. The molecule has 1 amide bonds. The Labute approximate surface area is 100 Å². The van der Waals surface area contributed by atoms with Gasteiger partial charge in [0.05, 0.1) is 18.4 Å². The highest BCUT2D eigenvalue weighted by molar-refractivity contribution is 6.18. The number of amides is 1. The van der Waals surface area contributed by atoms with Crippen molar-refractivity contribution in [3.8, 4) is 0 Å². The Kier molecular flexibility index (Phi) is 5.35. The highest BCUT2D eigenvalue weighted by atomic mass is 35.5. The monoisotopic (exact) mass is 245 g/mol. The first-order valence-corrected chi connectivity index (χ1v) is 5.62. The van der Waals surface area contributed by atoms with Gasteiger partial charge in [-0.3, -0.25) is 4.79 Å². The predicted molar refractivity (Wildman–Crippen MR) is 61.9 cm³/mol. The number of ether oxygens (including phenoxy) is 1. The van der Waals surface area contributed by atoms with Crippen LogP contribution in [0.5, 0.6) is 0 Å². The zero-order chi connectivity index (χ0) is 12.0. The van der Waals surface area contributed by atoms with Crippen molar-refractivity contribution < 1.29 is 13.9 Å².